The molecular weight excluding hydrogens is 136 g/mol. The van der Waals surface area contributed by atoms with Crippen LogP contribution in [0.3, 0.4) is 0 Å². The van der Waals surface area contributed by atoms with Gasteiger partial charge in [0, 0.05) is 0 Å². The van der Waals surface area contributed by atoms with Crippen LogP contribution in [0.5, 0.6) is 0 Å². The molecule has 1 aromatic rings. The van der Waals surface area contributed by atoms with Crippen LogP contribution in [0.2, 0.25) is 0 Å². The van der Waals surface area contributed by atoms with Gasteiger partial charge < -0.3 is 0 Å². The third-order valence-electron chi connectivity index (χ3n) is 1.66. The highest BCUT2D eigenvalue weighted by molar-refractivity contribution is 5.12. The Morgan fingerprint density at radius 1 is 1.18 bits per heavy atom. The zero-order chi connectivity index (χ0) is 8.27. The SMILES string of the molecule is CCc1n[c]c(C)nc1CC. The van der Waals surface area contributed by atoms with Gasteiger partial charge in [0.05, 0.1) is 17.1 Å². The van der Waals surface area contributed by atoms with Gasteiger partial charge in [0.1, 0.15) is 6.20 Å². The standard InChI is InChI=1S/C9H13N2/c1-4-8-9(5-2)11-7(3)6-10-8/h4-5H2,1-3H3. The quantitative estimate of drug-likeness (QED) is 0.639. The predicted octanol–water partition coefficient (Wildman–Crippen LogP) is 1.71. The molecule has 0 saturated carbocycles. The molecule has 11 heavy (non-hydrogen) atoms. The van der Waals surface area contributed by atoms with Crippen LogP contribution in [0.1, 0.15) is 30.9 Å². The molecule has 0 aromatic carbocycles. The van der Waals surface area contributed by atoms with Crippen molar-refractivity contribution in [2.24, 2.45) is 0 Å². The lowest BCUT2D eigenvalue weighted by Crippen LogP contribution is -2.00. The summed E-state index contributed by atoms with van der Waals surface area (Å²) in [6.45, 7) is 6.11. The molecule has 0 atom stereocenters. The molecular formula is C9H13N2. The molecule has 0 N–H and O–H groups in total. The van der Waals surface area contributed by atoms with Crippen LogP contribution in [0, 0.1) is 13.1 Å². The summed E-state index contributed by atoms with van der Waals surface area (Å²) in [7, 11) is 0. The van der Waals surface area contributed by atoms with Crippen LogP contribution in [0.4, 0.5) is 0 Å². The summed E-state index contributed by atoms with van der Waals surface area (Å²) in [5.41, 5.74) is 3.08. The van der Waals surface area contributed by atoms with Crippen molar-refractivity contribution in [2.45, 2.75) is 33.6 Å². The first-order chi connectivity index (χ1) is 5.27. The topological polar surface area (TPSA) is 25.8 Å². The van der Waals surface area contributed by atoms with Gasteiger partial charge in [-0.1, -0.05) is 13.8 Å². The minimum Gasteiger partial charge on any atom is -0.254 e. The summed E-state index contributed by atoms with van der Waals surface area (Å²) in [4.78, 5) is 8.52. The predicted molar refractivity (Wildman–Crippen MR) is 44.4 cm³/mol. The Morgan fingerprint density at radius 2 is 1.82 bits per heavy atom. The molecule has 2 heteroatoms. The van der Waals surface area contributed by atoms with Gasteiger partial charge >= 0.3 is 0 Å². The summed E-state index contributed by atoms with van der Waals surface area (Å²) in [5.74, 6) is 0. The molecule has 0 unspecified atom stereocenters. The minimum absolute atomic E-state index is 0.888. The molecule has 1 aromatic heterocycles. The second-order valence-electron chi connectivity index (χ2n) is 2.52. The number of aromatic nitrogens is 2. The smallest absolute Gasteiger partial charge is 0.112 e. The van der Waals surface area contributed by atoms with Gasteiger partial charge in [-0.3, -0.25) is 4.98 Å². The summed E-state index contributed by atoms with van der Waals surface area (Å²) >= 11 is 0. The first kappa shape index (κ1) is 8.18. The number of hydrogen-bond acceptors (Lipinski definition) is 2. The van der Waals surface area contributed by atoms with Crippen LogP contribution in [-0.4, -0.2) is 9.97 Å². The highest BCUT2D eigenvalue weighted by Crippen LogP contribution is 2.04. The summed E-state index contributed by atoms with van der Waals surface area (Å²) in [6, 6.07) is 0. The maximum absolute atomic E-state index is 4.34. The van der Waals surface area contributed by atoms with Gasteiger partial charge in [-0.05, 0) is 19.8 Å². The van der Waals surface area contributed by atoms with E-state index in [0.717, 1.165) is 29.9 Å². The van der Waals surface area contributed by atoms with Crippen molar-refractivity contribution in [3.8, 4) is 0 Å². The Bertz CT molecular complexity index is 243. The van der Waals surface area contributed by atoms with Crippen LogP contribution in [0.15, 0.2) is 0 Å². The van der Waals surface area contributed by atoms with Gasteiger partial charge in [-0.15, -0.1) is 0 Å². The van der Waals surface area contributed by atoms with Gasteiger partial charge in [0.15, 0.2) is 0 Å². The molecule has 1 heterocycles. The average molecular weight is 149 g/mol. The van der Waals surface area contributed by atoms with Crippen molar-refractivity contribution in [3.63, 3.8) is 0 Å². The third-order valence-corrected chi connectivity index (χ3v) is 1.66. The van der Waals surface area contributed by atoms with Gasteiger partial charge in [0.2, 0.25) is 0 Å². The highest BCUT2D eigenvalue weighted by atomic mass is 14.8. The number of aryl methyl sites for hydroxylation is 3. The average Bonchev–Trinajstić information content (AvgIpc) is 2.04. The Kier molecular flexibility index (Phi) is 2.58. The molecule has 0 saturated heterocycles. The maximum Gasteiger partial charge on any atom is 0.112 e. The van der Waals surface area contributed by atoms with E-state index in [0.29, 0.717) is 0 Å². The molecule has 0 bridgehead atoms. The van der Waals surface area contributed by atoms with Gasteiger partial charge in [-0.2, -0.15) is 0 Å². The first-order valence-corrected chi connectivity index (χ1v) is 4.02. The Morgan fingerprint density at radius 3 is 2.36 bits per heavy atom. The third kappa shape index (κ3) is 1.76. The summed E-state index contributed by atoms with van der Waals surface area (Å²) < 4.78 is 0. The fourth-order valence-corrected chi connectivity index (χ4v) is 1.07. The van der Waals surface area contributed by atoms with E-state index in [1.807, 2.05) is 6.92 Å². The molecule has 59 valence electrons. The number of hydrogen-bond donors (Lipinski definition) is 0. The van der Waals surface area contributed by atoms with Crippen molar-refractivity contribution in [3.05, 3.63) is 23.3 Å². The molecule has 0 spiro atoms. The van der Waals surface area contributed by atoms with E-state index in [2.05, 4.69) is 30.0 Å². The van der Waals surface area contributed by atoms with E-state index in [4.69, 9.17) is 0 Å². The van der Waals surface area contributed by atoms with Crippen LogP contribution >= 0.6 is 0 Å². The van der Waals surface area contributed by atoms with Crippen molar-refractivity contribution < 1.29 is 0 Å². The second kappa shape index (κ2) is 3.46. The summed E-state index contributed by atoms with van der Waals surface area (Å²) in [5, 5.41) is 0. The van der Waals surface area contributed by atoms with E-state index in [-0.39, 0.29) is 0 Å². The van der Waals surface area contributed by atoms with E-state index >= 15 is 0 Å². The van der Waals surface area contributed by atoms with Gasteiger partial charge in [0.25, 0.3) is 0 Å². The fraction of sp³-hybridized carbons (Fsp3) is 0.556. The molecule has 0 aliphatic rings. The molecule has 0 aliphatic heterocycles. The molecule has 0 aliphatic carbocycles. The van der Waals surface area contributed by atoms with E-state index in [1.165, 1.54) is 0 Å². The summed E-state index contributed by atoms with van der Waals surface area (Å²) in [6.07, 6.45) is 4.78. The lowest BCUT2D eigenvalue weighted by molar-refractivity contribution is 0.881. The van der Waals surface area contributed by atoms with Crippen LogP contribution < -0.4 is 0 Å². The second-order valence-corrected chi connectivity index (χ2v) is 2.52. The van der Waals surface area contributed by atoms with Crippen molar-refractivity contribution in [1.29, 1.82) is 0 Å². The van der Waals surface area contributed by atoms with Crippen molar-refractivity contribution in [2.75, 3.05) is 0 Å². The zero-order valence-corrected chi connectivity index (χ0v) is 7.31. The highest BCUT2D eigenvalue weighted by Gasteiger charge is 2.00. The molecule has 1 radical (unpaired) electrons. The minimum atomic E-state index is 0.888. The molecule has 1 rings (SSSR count). The normalized spacial score (nSPS) is 10.1. The Balaban J connectivity index is 3.06. The number of rotatable bonds is 2. The monoisotopic (exact) mass is 149 g/mol. The largest absolute Gasteiger partial charge is 0.254 e. The Labute approximate surface area is 67.7 Å². The van der Waals surface area contributed by atoms with E-state index in [1.54, 1.807) is 0 Å². The van der Waals surface area contributed by atoms with Crippen molar-refractivity contribution in [1.82, 2.24) is 9.97 Å². The maximum atomic E-state index is 4.34. The van der Waals surface area contributed by atoms with Crippen LogP contribution in [0.25, 0.3) is 0 Å². The zero-order valence-electron chi connectivity index (χ0n) is 7.31. The first-order valence-electron chi connectivity index (χ1n) is 4.02. The van der Waals surface area contributed by atoms with E-state index in [9.17, 15) is 0 Å². The van der Waals surface area contributed by atoms with Crippen molar-refractivity contribution >= 4 is 0 Å². The fourth-order valence-electron chi connectivity index (χ4n) is 1.07. The molecule has 0 amide bonds. The Hall–Kier alpha value is -0.920. The van der Waals surface area contributed by atoms with Crippen LogP contribution in [-0.2, 0) is 12.8 Å². The molecule has 2 nitrogen and oxygen atoms in total. The molecule has 0 fully saturated rings. The van der Waals surface area contributed by atoms with Gasteiger partial charge in [-0.25, -0.2) is 4.98 Å². The van der Waals surface area contributed by atoms with E-state index < -0.39 is 0 Å². The number of nitrogens with zero attached hydrogens (tertiary/aromatic N) is 2. The lowest BCUT2D eigenvalue weighted by atomic mass is 10.2. The lowest BCUT2D eigenvalue weighted by Gasteiger charge is -2.02.